The Morgan fingerprint density at radius 2 is 1.87 bits per heavy atom. The van der Waals surface area contributed by atoms with Gasteiger partial charge in [0.15, 0.2) is 0 Å². The maximum atomic E-state index is 13.2. The van der Waals surface area contributed by atoms with E-state index in [1.807, 2.05) is 80.6 Å². The Morgan fingerprint density at radius 3 is 2.60 bits per heavy atom. The van der Waals surface area contributed by atoms with Gasteiger partial charge >= 0.3 is 0 Å². The van der Waals surface area contributed by atoms with Crippen LogP contribution in [0.4, 0.5) is 5.69 Å². The zero-order valence-electron chi connectivity index (χ0n) is 17.3. The molecule has 5 heteroatoms. The number of benzene rings is 3. The lowest BCUT2D eigenvalue weighted by Crippen LogP contribution is -2.25. The van der Waals surface area contributed by atoms with Crippen LogP contribution in [-0.2, 0) is 11.2 Å². The summed E-state index contributed by atoms with van der Waals surface area (Å²) in [6.45, 7) is 5.97. The van der Waals surface area contributed by atoms with Crippen LogP contribution in [0.1, 0.15) is 31.0 Å². The number of hydrogen-bond donors (Lipinski definition) is 1. The van der Waals surface area contributed by atoms with Crippen molar-refractivity contribution in [2.24, 2.45) is 0 Å². The SMILES string of the molecule is CCc1cccc(C)c1NC(=O)C(C)n1nc(-c2ccccc2)c2cc(Cl)ccc21. The van der Waals surface area contributed by atoms with E-state index in [1.165, 1.54) is 0 Å². The monoisotopic (exact) mass is 417 g/mol. The lowest BCUT2D eigenvalue weighted by Gasteiger charge is -2.17. The topological polar surface area (TPSA) is 46.9 Å². The highest BCUT2D eigenvalue weighted by Gasteiger charge is 2.22. The van der Waals surface area contributed by atoms with E-state index >= 15 is 0 Å². The van der Waals surface area contributed by atoms with E-state index in [0.717, 1.165) is 45.4 Å². The smallest absolute Gasteiger partial charge is 0.248 e. The van der Waals surface area contributed by atoms with Gasteiger partial charge in [-0.3, -0.25) is 9.48 Å². The molecular weight excluding hydrogens is 394 g/mol. The number of nitrogens with one attached hydrogen (secondary N) is 1. The van der Waals surface area contributed by atoms with Crippen molar-refractivity contribution in [1.29, 1.82) is 0 Å². The number of para-hydroxylation sites is 1. The van der Waals surface area contributed by atoms with Crippen molar-refractivity contribution in [2.75, 3.05) is 5.32 Å². The van der Waals surface area contributed by atoms with Gasteiger partial charge in [-0.1, -0.05) is 67.1 Å². The molecule has 1 unspecified atom stereocenters. The number of fused-ring (bicyclic) bond motifs is 1. The van der Waals surface area contributed by atoms with Gasteiger partial charge < -0.3 is 5.32 Å². The fourth-order valence-corrected chi connectivity index (χ4v) is 3.93. The summed E-state index contributed by atoms with van der Waals surface area (Å²) in [5.74, 6) is -0.0991. The fourth-order valence-electron chi connectivity index (χ4n) is 3.76. The third-order valence-electron chi connectivity index (χ3n) is 5.45. The van der Waals surface area contributed by atoms with Gasteiger partial charge in [0.2, 0.25) is 5.91 Å². The third kappa shape index (κ3) is 3.71. The van der Waals surface area contributed by atoms with E-state index in [-0.39, 0.29) is 5.91 Å². The molecular formula is C25H24ClN3O. The minimum atomic E-state index is -0.490. The average molecular weight is 418 g/mol. The maximum absolute atomic E-state index is 13.2. The van der Waals surface area contributed by atoms with Crippen molar-refractivity contribution >= 4 is 34.1 Å². The number of carbonyl (C=O) groups is 1. The predicted octanol–water partition coefficient (Wildman–Crippen LogP) is 6.43. The van der Waals surface area contributed by atoms with Crippen LogP contribution in [0.25, 0.3) is 22.2 Å². The summed E-state index contributed by atoms with van der Waals surface area (Å²) in [5.41, 5.74) is 5.75. The molecule has 152 valence electrons. The number of hydrogen-bond acceptors (Lipinski definition) is 2. The lowest BCUT2D eigenvalue weighted by atomic mass is 10.1. The summed E-state index contributed by atoms with van der Waals surface area (Å²) in [7, 11) is 0. The first-order chi connectivity index (χ1) is 14.5. The molecule has 1 N–H and O–H groups in total. The highest BCUT2D eigenvalue weighted by Crippen LogP contribution is 2.32. The maximum Gasteiger partial charge on any atom is 0.248 e. The van der Waals surface area contributed by atoms with Crippen LogP contribution in [0.3, 0.4) is 0 Å². The fraction of sp³-hybridized carbons (Fsp3) is 0.200. The summed E-state index contributed by atoms with van der Waals surface area (Å²) in [5, 5.41) is 9.52. The van der Waals surface area contributed by atoms with Crippen LogP contribution in [0.15, 0.2) is 66.7 Å². The van der Waals surface area contributed by atoms with Crippen molar-refractivity contribution in [2.45, 2.75) is 33.2 Å². The Bertz CT molecular complexity index is 1210. The average Bonchev–Trinajstić information content (AvgIpc) is 3.13. The first kappa shape index (κ1) is 20.2. The Labute approximate surface area is 181 Å². The Morgan fingerprint density at radius 1 is 1.10 bits per heavy atom. The quantitative estimate of drug-likeness (QED) is 0.406. The standard InChI is InChI=1S/C25H24ClN3O/c1-4-18-12-8-9-16(2)23(18)27-25(30)17(3)29-22-14-13-20(26)15-21(22)24(28-29)19-10-6-5-7-11-19/h5-15,17H,4H2,1-3H3,(H,27,30). The van der Waals surface area contributed by atoms with Crippen LogP contribution in [0.2, 0.25) is 5.02 Å². The second-order valence-electron chi connectivity index (χ2n) is 7.45. The van der Waals surface area contributed by atoms with Gasteiger partial charge in [-0.2, -0.15) is 5.10 Å². The van der Waals surface area contributed by atoms with Crippen LogP contribution in [0, 0.1) is 6.92 Å². The molecule has 4 aromatic rings. The van der Waals surface area contributed by atoms with Gasteiger partial charge in [0.25, 0.3) is 0 Å². The molecule has 0 aliphatic rings. The second kappa shape index (κ2) is 8.33. The highest BCUT2D eigenvalue weighted by molar-refractivity contribution is 6.31. The molecule has 3 aromatic carbocycles. The highest BCUT2D eigenvalue weighted by atomic mass is 35.5. The third-order valence-corrected chi connectivity index (χ3v) is 5.69. The molecule has 1 amide bonds. The molecule has 0 fully saturated rings. The van der Waals surface area contributed by atoms with Crippen LogP contribution < -0.4 is 5.32 Å². The minimum absolute atomic E-state index is 0.0991. The molecule has 0 saturated heterocycles. The number of nitrogens with zero attached hydrogens (tertiary/aromatic N) is 2. The van der Waals surface area contributed by atoms with Crippen molar-refractivity contribution in [3.05, 3.63) is 82.9 Å². The van der Waals surface area contributed by atoms with Crippen molar-refractivity contribution in [1.82, 2.24) is 9.78 Å². The summed E-state index contributed by atoms with van der Waals surface area (Å²) in [6.07, 6.45) is 0.854. The van der Waals surface area contributed by atoms with Crippen molar-refractivity contribution < 1.29 is 4.79 Å². The first-order valence-electron chi connectivity index (χ1n) is 10.1. The van der Waals surface area contributed by atoms with E-state index in [4.69, 9.17) is 16.7 Å². The largest absolute Gasteiger partial charge is 0.324 e. The number of amides is 1. The van der Waals surface area contributed by atoms with Gasteiger partial charge in [-0.15, -0.1) is 0 Å². The number of aryl methyl sites for hydroxylation is 2. The zero-order valence-corrected chi connectivity index (χ0v) is 18.1. The lowest BCUT2D eigenvalue weighted by molar-refractivity contribution is -0.119. The number of aromatic nitrogens is 2. The molecule has 1 heterocycles. The molecule has 4 rings (SSSR count). The van der Waals surface area contributed by atoms with E-state index < -0.39 is 6.04 Å². The van der Waals surface area contributed by atoms with Gasteiger partial charge in [0, 0.05) is 21.7 Å². The summed E-state index contributed by atoms with van der Waals surface area (Å²) < 4.78 is 1.78. The number of rotatable bonds is 5. The van der Waals surface area contributed by atoms with E-state index in [9.17, 15) is 4.79 Å². The van der Waals surface area contributed by atoms with Gasteiger partial charge in [-0.25, -0.2) is 0 Å². The second-order valence-corrected chi connectivity index (χ2v) is 7.88. The molecule has 0 spiro atoms. The number of carbonyl (C=O) groups excluding carboxylic acids is 1. The zero-order chi connectivity index (χ0) is 21.3. The molecule has 0 aliphatic heterocycles. The summed E-state index contributed by atoms with van der Waals surface area (Å²) in [4.78, 5) is 13.2. The number of anilines is 1. The molecule has 1 aromatic heterocycles. The molecule has 30 heavy (non-hydrogen) atoms. The van der Waals surface area contributed by atoms with Crippen molar-refractivity contribution in [3.63, 3.8) is 0 Å². The Hall–Kier alpha value is -3.11. The molecule has 0 bridgehead atoms. The Balaban J connectivity index is 1.75. The number of halogens is 1. The van der Waals surface area contributed by atoms with E-state index in [2.05, 4.69) is 12.2 Å². The molecule has 4 nitrogen and oxygen atoms in total. The van der Waals surface area contributed by atoms with Gasteiger partial charge in [-0.05, 0) is 49.6 Å². The molecule has 1 atom stereocenters. The minimum Gasteiger partial charge on any atom is -0.324 e. The van der Waals surface area contributed by atoms with E-state index in [1.54, 1.807) is 4.68 Å². The van der Waals surface area contributed by atoms with Gasteiger partial charge in [0.05, 0.1) is 5.52 Å². The molecule has 0 saturated carbocycles. The Kier molecular flexibility index (Phi) is 5.60. The van der Waals surface area contributed by atoms with Crippen LogP contribution in [-0.4, -0.2) is 15.7 Å². The normalized spacial score (nSPS) is 12.1. The van der Waals surface area contributed by atoms with Gasteiger partial charge in [0.1, 0.15) is 11.7 Å². The predicted molar refractivity (Wildman–Crippen MR) is 124 cm³/mol. The molecule has 0 aliphatic carbocycles. The van der Waals surface area contributed by atoms with Crippen LogP contribution >= 0.6 is 11.6 Å². The molecule has 0 radical (unpaired) electrons. The summed E-state index contributed by atoms with van der Waals surface area (Å²) >= 11 is 6.27. The van der Waals surface area contributed by atoms with E-state index in [0.29, 0.717) is 5.02 Å². The summed E-state index contributed by atoms with van der Waals surface area (Å²) in [6, 6.07) is 21.2. The van der Waals surface area contributed by atoms with Crippen molar-refractivity contribution in [3.8, 4) is 11.3 Å². The first-order valence-corrected chi connectivity index (χ1v) is 10.5. The van der Waals surface area contributed by atoms with Crippen LogP contribution in [0.5, 0.6) is 0 Å².